The molecule has 1 aliphatic rings. The van der Waals surface area contributed by atoms with Crippen LogP contribution in [0.15, 0.2) is 30.6 Å². The van der Waals surface area contributed by atoms with Crippen molar-refractivity contribution < 1.29 is 27.4 Å². The van der Waals surface area contributed by atoms with Crippen LogP contribution in [0.4, 0.5) is 5.95 Å². The van der Waals surface area contributed by atoms with Gasteiger partial charge in [0.1, 0.15) is 18.0 Å². The van der Waals surface area contributed by atoms with Crippen LogP contribution in [0.2, 0.25) is 0 Å². The number of aryl methyl sites for hydroxylation is 1. The predicted octanol–water partition coefficient (Wildman–Crippen LogP) is 2.93. The van der Waals surface area contributed by atoms with E-state index in [1.54, 1.807) is 50.2 Å². The van der Waals surface area contributed by atoms with Crippen molar-refractivity contribution in [2.45, 2.75) is 44.6 Å². The van der Waals surface area contributed by atoms with E-state index < -0.39 is 27.4 Å². The number of nitrogens with one attached hydrogen (secondary N) is 1. The Morgan fingerprint density at radius 1 is 1.22 bits per heavy atom. The van der Waals surface area contributed by atoms with E-state index in [1.807, 2.05) is 19.9 Å². The van der Waals surface area contributed by atoms with Gasteiger partial charge in [-0.25, -0.2) is 18.4 Å². The molecule has 2 aromatic heterocycles. The Hall–Kier alpha value is -3.29. The molecule has 3 heterocycles. The maximum atomic E-state index is 13.6. The van der Waals surface area contributed by atoms with Gasteiger partial charge in [0.2, 0.25) is 16.0 Å². The van der Waals surface area contributed by atoms with Crippen molar-refractivity contribution >= 4 is 16.0 Å². The Morgan fingerprint density at radius 2 is 1.97 bits per heavy atom. The Kier molecular flexibility index (Phi) is 8.25. The molecule has 12 nitrogen and oxygen atoms in total. The maximum absolute atomic E-state index is 13.6. The maximum Gasteiger partial charge on any atom is 0.240 e. The fourth-order valence-electron chi connectivity index (χ4n) is 4.06. The topological polar surface area (TPSA) is 140 Å². The SMILES string of the molecule is CCCO[C@@H](c1ncc(C)cn1)[C@H](C)S(=O)(=O)Nc1nnc2n1[C@H](COC)COc1c(OC)cccc1-2. The molecule has 0 saturated heterocycles. The molecule has 200 valence electrons. The van der Waals surface area contributed by atoms with Crippen LogP contribution in [0, 0.1) is 6.92 Å². The molecule has 1 N–H and O–H groups in total. The molecule has 0 radical (unpaired) electrons. The summed E-state index contributed by atoms with van der Waals surface area (Å²) in [4.78, 5) is 8.63. The number of hydrogen-bond donors (Lipinski definition) is 1. The highest BCUT2D eigenvalue weighted by molar-refractivity contribution is 7.93. The second-order valence-electron chi connectivity index (χ2n) is 8.74. The minimum atomic E-state index is -4.03. The number of para-hydroxylation sites is 1. The van der Waals surface area contributed by atoms with E-state index in [0.717, 1.165) is 5.56 Å². The summed E-state index contributed by atoms with van der Waals surface area (Å²) in [5.74, 6) is 1.81. The first-order valence-electron chi connectivity index (χ1n) is 12.0. The number of fused-ring (bicyclic) bond motifs is 3. The zero-order valence-electron chi connectivity index (χ0n) is 21.5. The third kappa shape index (κ3) is 5.53. The number of methoxy groups -OCH3 is 2. The minimum absolute atomic E-state index is 0.0437. The number of sulfonamides is 1. The van der Waals surface area contributed by atoms with E-state index >= 15 is 0 Å². The quantitative estimate of drug-likeness (QED) is 0.392. The summed E-state index contributed by atoms with van der Waals surface area (Å²) in [7, 11) is -0.916. The van der Waals surface area contributed by atoms with Gasteiger partial charge >= 0.3 is 0 Å². The van der Waals surface area contributed by atoms with Crippen LogP contribution in [0.1, 0.15) is 43.8 Å². The third-order valence-corrected chi connectivity index (χ3v) is 7.68. The van der Waals surface area contributed by atoms with Gasteiger partial charge in [-0.05, 0) is 38.0 Å². The molecule has 0 unspecified atom stereocenters. The van der Waals surface area contributed by atoms with E-state index in [1.165, 1.54) is 0 Å². The van der Waals surface area contributed by atoms with E-state index in [-0.39, 0.29) is 19.2 Å². The minimum Gasteiger partial charge on any atom is -0.493 e. The summed E-state index contributed by atoms with van der Waals surface area (Å²) in [6.07, 6.45) is 3.10. The summed E-state index contributed by atoms with van der Waals surface area (Å²) < 4.78 is 54.4. The van der Waals surface area contributed by atoms with Gasteiger partial charge in [-0.3, -0.25) is 9.29 Å². The number of rotatable bonds is 11. The highest BCUT2D eigenvalue weighted by atomic mass is 32.2. The van der Waals surface area contributed by atoms with E-state index in [0.29, 0.717) is 41.7 Å². The summed E-state index contributed by atoms with van der Waals surface area (Å²) in [6, 6.07) is 5.00. The first-order chi connectivity index (χ1) is 17.8. The molecule has 3 atom stereocenters. The zero-order chi connectivity index (χ0) is 26.6. The van der Waals surface area contributed by atoms with Gasteiger partial charge in [0.05, 0.1) is 25.3 Å². The lowest BCUT2D eigenvalue weighted by Gasteiger charge is -2.24. The average Bonchev–Trinajstić information content (AvgIpc) is 3.22. The van der Waals surface area contributed by atoms with Crippen LogP contribution in [0.3, 0.4) is 0 Å². The fourth-order valence-corrected chi connectivity index (χ4v) is 5.16. The van der Waals surface area contributed by atoms with Crippen molar-refractivity contribution in [2.24, 2.45) is 0 Å². The van der Waals surface area contributed by atoms with Gasteiger partial charge in [-0.2, -0.15) is 0 Å². The molecule has 0 fully saturated rings. The van der Waals surface area contributed by atoms with Crippen LogP contribution in [-0.4, -0.2) is 72.4 Å². The molecule has 0 spiro atoms. The van der Waals surface area contributed by atoms with Crippen molar-refractivity contribution in [1.29, 1.82) is 0 Å². The molecule has 3 aromatic rings. The molecule has 37 heavy (non-hydrogen) atoms. The van der Waals surface area contributed by atoms with Gasteiger partial charge in [0.25, 0.3) is 0 Å². The smallest absolute Gasteiger partial charge is 0.240 e. The molecule has 0 saturated carbocycles. The van der Waals surface area contributed by atoms with Crippen molar-refractivity contribution in [3.63, 3.8) is 0 Å². The zero-order valence-corrected chi connectivity index (χ0v) is 22.4. The highest BCUT2D eigenvalue weighted by Gasteiger charge is 2.36. The Bertz CT molecular complexity index is 1310. The number of hydrogen-bond acceptors (Lipinski definition) is 10. The Morgan fingerprint density at radius 3 is 2.65 bits per heavy atom. The Balaban J connectivity index is 1.71. The summed E-state index contributed by atoms with van der Waals surface area (Å²) in [5, 5.41) is 7.47. The van der Waals surface area contributed by atoms with Gasteiger partial charge in [-0.1, -0.05) is 13.0 Å². The van der Waals surface area contributed by atoms with Gasteiger partial charge in [0, 0.05) is 26.1 Å². The molecule has 13 heteroatoms. The lowest BCUT2D eigenvalue weighted by molar-refractivity contribution is 0.0466. The first kappa shape index (κ1) is 26.8. The van der Waals surface area contributed by atoms with Crippen LogP contribution in [0.25, 0.3) is 11.4 Å². The van der Waals surface area contributed by atoms with Gasteiger partial charge in [-0.15, -0.1) is 10.2 Å². The van der Waals surface area contributed by atoms with Crippen molar-refractivity contribution in [3.05, 3.63) is 42.0 Å². The van der Waals surface area contributed by atoms with E-state index in [2.05, 4.69) is 24.9 Å². The number of benzene rings is 1. The van der Waals surface area contributed by atoms with E-state index in [4.69, 9.17) is 18.9 Å². The monoisotopic (exact) mass is 532 g/mol. The molecule has 1 aromatic carbocycles. The molecule has 0 bridgehead atoms. The van der Waals surface area contributed by atoms with E-state index in [9.17, 15) is 8.42 Å². The van der Waals surface area contributed by atoms with Crippen LogP contribution < -0.4 is 14.2 Å². The normalized spacial score (nSPS) is 16.6. The standard InChI is InChI=1S/C24H32N6O6S/c1-6-10-35-20(22-25-11-15(2)12-26-22)16(3)37(31,32)29-24-28-27-23-18-8-7-9-19(34-5)21(18)36-14-17(13-33-4)30(23)24/h7-9,11-12,16-17,20H,6,10,13-14H2,1-5H3,(H,28,29)/t16-,17+,20+/m0/s1. The summed E-state index contributed by atoms with van der Waals surface area (Å²) in [6.45, 7) is 6.15. The molecule has 0 amide bonds. The number of ether oxygens (including phenoxy) is 4. The average molecular weight is 533 g/mol. The molecule has 4 rings (SSSR count). The second kappa shape index (κ2) is 11.4. The molecule has 0 aliphatic carbocycles. The fraction of sp³-hybridized carbons (Fsp3) is 0.500. The Labute approximate surface area is 216 Å². The predicted molar refractivity (Wildman–Crippen MR) is 136 cm³/mol. The number of anilines is 1. The summed E-state index contributed by atoms with van der Waals surface area (Å²) >= 11 is 0. The lowest BCUT2D eigenvalue weighted by Crippen LogP contribution is -2.35. The number of aromatic nitrogens is 5. The van der Waals surface area contributed by atoms with Crippen molar-refractivity contribution in [2.75, 3.05) is 38.8 Å². The largest absolute Gasteiger partial charge is 0.493 e. The van der Waals surface area contributed by atoms with Gasteiger partial charge < -0.3 is 18.9 Å². The lowest BCUT2D eigenvalue weighted by atomic mass is 10.1. The van der Waals surface area contributed by atoms with Crippen LogP contribution >= 0.6 is 0 Å². The molecular formula is C24H32N6O6S. The highest BCUT2D eigenvalue weighted by Crippen LogP contribution is 2.42. The second-order valence-corrected chi connectivity index (χ2v) is 10.8. The first-order valence-corrected chi connectivity index (χ1v) is 13.5. The summed E-state index contributed by atoms with van der Waals surface area (Å²) in [5.41, 5.74) is 1.49. The van der Waals surface area contributed by atoms with Crippen molar-refractivity contribution in [3.8, 4) is 22.9 Å². The third-order valence-electron chi connectivity index (χ3n) is 5.99. The van der Waals surface area contributed by atoms with Crippen molar-refractivity contribution in [1.82, 2.24) is 24.7 Å². The molecule has 1 aliphatic heterocycles. The van der Waals surface area contributed by atoms with Crippen LogP contribution in [-0.2, 0) is 19.5 Å². The molecular weight excluding hydrogens is 500 g/mol. The number of nitrogens with zero attached hydrogens (tertiary/aromatic N) is 5. The van der Waals surface area contributed by atoms with Crippen LogP contribution in [0.5, 0.6) is 11.5 Å². The van der Waals surface area contributed by atoms with Gasteiger partial charge in [0.15, 0.2) is 23.1 Å².